The molecule has 5 nitrogen and oxygen atoms in total. The molecule has 0 atom stereocenters. The normalized spacial score (nSPS) is 10.6. The van der Waals surface area contributed by atoms with Gasteiger partial charge in [-0.25, -0.2) is 0 Å². The van der Waals surface area contributed by atoms with E-state index >= 15 is 0 Å². The van der Waals surface area contributed by atoms with Gasteiger partial charge in [0.05, 0.1) is 12.7 Å². The SMILES string of the molecule is CC(C)CCOc1ccc(NC(=S)NC(=O)c2ccc(OC(C)C)cc2)cc1. The second kappa shape index (κ2) is 10.7. The van der Waals surface area contributed by atoms with E-state index in [1.54, 1.807) is 24.3 Å². The first-order chi connectivity index (χ1) is 13.3. The molecule has 2 aromatic rings. The molecule has 0 radical (unpaired) electrons. The summed E-state index contributed by atoms with van der Waals surface area (Å²) in [5, 5.41) is 5.91. The van der Waals surface area contributed by atoms with E-state index in [2.05, 4.69) is 24.5 Å². The number of rotatable bonds is 8. The van der Waals surface area contributed by atoms with Crippen LogP contribution in [0.4, 0.5) is 5.69 Å². The van der Waals surface area contributed by atoms with Crippen LogP contribution < -0.4 is 20.1 Å². The second-order valence-electron chi connectivity index (χ2n) is 7.15. The predicted molar refractivity (Wildman–Crippen MR) is 117 cm³/mol. The molecule has 0 fully saturated rings. The van der Waals surface area contributed by atoms with Crippen molar-refractivity contribution in [2.75, 3.05) is 11.9 Å². The van der Waals surface area contributed by atoms with Gasteiger partial charge in [-0.1, -0.05) is 13.8 Å². The van der Waals surface area contributed by atoms with Gasteiger partial charge in [0.1, 0.15) is 11.5 Å². The third-order valence-corrected chi connectivity index (χ3v) is 4.00. The number of thiocarbonyl (C=S) groups is 1. The molecule has 150 valence electrons. The molecule has 0 heterocycles. The zero-order chi connectivity index (χ0) is 20.5. The van der Waals surface area contributed by atoms with Crippen LogP contribution in [0.1, 0.15) is 44.5 Å². The zero-order valence-electron chi connectivity index (χ0n) is 16.8. The van der Waals surface area contributed by atoms with Crippen LogP contribution >= 0.6 is 12.2 Å². The number of benzene rings is 2. The van der Waals surface area contributed by atoms with E-state index in [1.165, 1.54) is 0 Å². The first kappa shape index (κ1) is 21.7. The van der Waals surface area contributed by atoms with Crippen LogP contribution in [0.25, 0.3) is 0 Å². The summed E-state index contributed by atoms with van der Waals surface area (Å²) >= 11 is 5.23. The van der Waals surface area contributed by atoms with Gasteiger partial charge in [-0.3, -0.25) is 10.1 Å². The van der Waals surface area contributed by atoms with Crippen molar-refractivity contribution >= 4 is 28.9 Å². The molecule has 2 aromatic carbocycles. The Balaban J connectivity index is 1.83. The molecule has 2 rings (SSSR count). The van der Waals surface area contributed by atoms with Crippen molar-refractivity contribution in [2.45, 2.75) is 40.2 Å². The summed E-state index contributed by atoms with van der Waals surface area (Å²) in [4.78, 5) is 12.3. The van der Waals surface area contributed by atoms with Crippen LogP contribution in [0.15, 0.2) is 48.5 Å². The number of anilines is 1. The lowest BCUT2D eigenvalue weighted by Crippen LogP contribution is -2.34. The van der Waals surface area contributed by atoms with Gasteiger partial charge < -0.3 is 14.8 Å². The average molecular weight is 401 g/mol. The number of carbonyl (C=O) groups is 1. The van der Waals surface area contributed by atoms with E-state index < -0.39 is 0 Å². The van der Waals surface area contributed by atoms with Gasteiger partial charge in [-0.2, -0.15) is 0 Å². The van der Waals surface area contributed by atoms with Crippen molar-refractivity contribution in [3.05, 3.63) is 54.1 Å². The fraction of sp³-hybridized carbons (Fsp3) is 0.364. The standard InChI is InChI=1S/C22H28N2O3S/c1-15(2)13-14-26-19-11-7-18(8-12-19)23-22(28)24-21(25)17-5-9-20(10-6-17)27-16(3)4/h5-12,15-16H,13-14H2,1-4H3,(H2,23,24,25,28). The maximum atomic E-state index is 12.3. The lowest BCUT2D eigenvalue weighted by atomic mass is 10.1. The number of amides is 1. The Morgan fingerprint density at radius 3 is 2.14 bits per heavy atom. The van der Waals surface area contributed by atoms with Crippen molar-refractivity contribution < 1.29 is 14.3 Å². The summed E-state index contributed by atoms with van der Waals surface area (Å²) in [7, 11) is 0. The highest BCUT2D eigenvalue weighted by atomic mass is 32.1. The Labute approximate surface area is 172 Å². The van der Waals surface area contributed by atoms with Gasteiger partial charge in [0.2, 0.25) is 0 Å². The molecule has 0 aliphatic heterocycles. The number of ether oxygens (including phenoxy) is 2. The maximum Gasteiger partial charge on any atom is 0.257 e. The predicted octanol–water partition coefficient (Wildman–Crippen LogP) is 5.03. The highest BCUT2D eigenvalue weighted by molar-refractivity contribution is 7.80. The molecule has 28 heavy (non-hydrogen) atoms. The van der Waals surface area contributed by atoms with Crippen molar-refractivity contribution in [2.24, 2.45) is 5.92 Å². The highest BCUT2D eigenvalue weighted by Crippen LogP contribution is 2.17. The smallest absolute Gasteiger partial charge is 0.257 e. The molecular weight excluding hydrogens is 372 g/mol. The Kier molecular flexibility index (Phi) is 8.26. The minimum absolute atomic E-state index is 0.0865. The van der Waals surface area contributed by atoms with Crippen LogP contribution in [0, 0.1) is 5.92 Å². The van der Waals surface area contributed by atoms with Gasteiger partial charge in [0, 0.05) is 11.3 Å². The fourth-order valence-corrected chi connectivity index (χ4v) is 2.55. The van der Waals surface area contributed by atoms with Crippen LogP contribution in [0.2, 0.25) is 0 Å². The number of hydrogen-bond acceptors (Lipinski definition) is 4. The topological polar surface area (TPSA) is 59.6 Å². The number of carbonyl (C=O) groups excluding carboxylic acids is 1. The van der Waals surface area contributed by atoms with Crippen molar-refractivity contribution in [1.29, 1.82) is 0 Å². The Morgan fingerprint density at radius 1 is 0.964 bits per heavy atom. The quantitative estimate of drug-likeness (QED) is 0.609. The summed E-state index contributed by atoms with van der Waals surface area (Å²) in [6.07, 6.45) is 1.10. The first-order valence-corrected chi connectivity index (χ1v) is 9.86. The summed E-state index contributed by atoms with van der Waals surface area (Å²) in [5.74, 6) is 1.87. The maximum absolute atomic E-state index is 12.3. The van der Waals surface area contributed by atoms with Gasteiger partial charge in [-0.15, -0.1) is 0 Å². The second-order valence-corrected chi connectivity index (χ2v) is 7.56. The zero-order valence-corrected chi connectivity index (χ0v) is 17.6. The lowest BCUT2D eigenvalue weighted by molar-refractivity contribution is 0.0977. The van der Waals surface area contributed by atoms with E-state index in [1.807, 2.05) is 38.1 Å². The molecule has 0 saturated heterocycles. The molecule has 0 aromatic heterocycles. The molecule has 0 aliphatic rings. The minimum atomic E-state index is -0.276. The molecule has 0 saturated carbocycles. The van der Waals surface area contributed by atoms with Gasteiger partial charge in [0.25, 0.3) is 5.91 Å². The molecule has 1 amide bonds. The third-order valence-electron chi connectivity index (χ3n) is 3.79. The molecule has 0 spiro atoms. The summed E-state index contributed by atoms with van der Waals surface area (Å²) in [6.45, 7) is 8.93. The van der Waals surface area contributed by atoms with E-state index in [4.69, 9.17) is 21.7 Å². The lowest BCUT2D eigenvalue weighted by Gasteiger charge is -2.12. The Hall–Kier alpha value is -2.60. The largest absolute Gasteiger partial charge is 0.494 e. The van der Waals surface area contributed by atoms with Gasteiger partial charge >= 0.3 is 0 Å². The number of nitrogens with one attached hydrogen (secondary N) is 2. The third kappa shape index (κ3) is 7.56. The molecule has 0 bridgehead atoms. The van der Waals surface area contributed by atoms with Crippen molar-refractivity contribution in [1.82, 2.24) is 5.32 Å². The summed E-state index contributed by atoms with van der Waals surface area (Å²) < 4.78 is 11.3. The van der Waals surface area contributed by atoms with Crippen molar-refractivity contribution in [3.8, 4) is 11.5 Å². The highest BCUT2D eigenvalue weighted by Gasteiger charge is 2.09. The molecular formula is C22H28N2O3S. The molecule has 2 N–H and O–H groups in total. The average Bonchev–Trinajstić information content (AvgIpc) is 2.63. The van der Waals surface area contributed by atoms with E-state index in [9.17, 15) is 4.79 Å². The molecule has 0 unspecified atom stereocenters. The Morgan fingerprint density at radius 2 is 1.57 bits per heavy atom. The van der Waals surface area contributed by atoms with Gasteiger partial charge in [0.15, 0.2) is 5.11 Å². The number of hydrogen-bond donors (Lipinski definition) is 2. The molecule has 6 heteroatoms. The van der Waals surface area contributed by atoms with Crippen LogP contribution in [0.5, 0.6) is 11.5 Å². The van der Waals surface area contributed by atoms with Crippen LogP contribution in [0.3, 0.4) is 0 Å². The Bertz CT molecular complexity index is 771. The van der Waals surface area contributed by atoms with Crippen LogP contribution in [-0.2, 0) is 0 Å². The first-order valence-electron chi connectivity index (χ1n) is 9.45. The summed E-state index contributed by atoms with van der Waals surface area (Å²) in [5.41, 5.74) is 1.29. The van der Waals surface area contributed by atoms with Gasteiger partial charge in [-0.05, 0) is 86.9 Å². The fourth-order valence-electron chi connectivity index (χ4n) is 2.34. The van der Waals surface area contributed by atoms with Crippen molar-refractivity contribution in [3.63, 3.8) is 0 Å². The summed E-state index contributed by atoms with van der Waals surface area (Å²) in [6, 6.07) is 14.4. The van der Waals surface area contributed by atoms with Crippen LogP contribution in [-0.4, -0.2) is 23.7 Å². The van der Waals surface area contributed by atoms with E-state index in [-0.39, 0.29) is 17.1 Å². The monoisotopic (exact) mass is 400 g/mol. The minimum Gasteiger partial charge on any atom is -0.494 e. The van der Waals surface area contributed by atoms with E-state index in [0.29, 0.717) is 18.1 Å². The molecule has 0 aliphatic carbocycles. The van der Waals surface area contributed by atoms with E-state index in [0.717, 1.165) is 23.6 Å².